The second-order valence-corrected chi connectivity index (χ2v) is 4.36. The maximum absolute atomic E-state index is 11.6. The normalized spacial score (nSPS) is 12.3. The molecule has 0 aromatic heterocycles. The molecule has 0 aliphatic carbocycles. The first kappa shape index (κ1) is 15.5. The summed E-state index contributed by atoms with van der Waals surface area (Å²) in [5.41, 5.74) is 6.85. The Kier molecular flexibility index (Phi) is 6.32. The van der Waals surface area contributed by atoms with Crippen LogP contribution in [0.4, 0.5) is 0 Å². The van der Waals surface area contributed by atoms with Crippen LogP contribution < -0.4 is 15.8 Å². The average molecular weight is 265 g/mol. The number of para-hydroxylation sites is 1. The van der Waals surface area contributed by atoms with E-state index >= 15 is 0 Å². The summed E-state index contributed by atoms with van der Waals surface area (Å²) in [6, 6.07) is 7.70. The fourth-order valence-corrected chi connectivity index (χ4v) is 2.08. The zero-order valence-electron chi connectivity index (χ0n) is 11.8. The predicted molar refractivity (Wildman–Crippen MR) is 76.1 cm³/mol. The Morgan fingerprint density at radius 2 is 2.16 bits per heavy atom. The molecule has 0 fully saturated rings. The summed E-state index contributed by atoms with van der Waals surface area (Å²) in [5.74, 6) is 0.791. The molecule has 1 atom stereocenters. The minimum Gasteiger partial charge on any atom is -0.496 e. The van der Waals surface area contributed by atoms with E-state index in [1.54, 1.807) is 7.11 Å². The summed E-state index contributed by atoms with van der Waals surface area (Å²) in [5, 5.41) is 2.78. The number of rotatable bonds is 7. The Bertz CT molecular complexity index is 409. The van der Waals surface area contributed by atoms with Crippen molar-refractivity contribution in [3.8, 4) is 5.75 Å². The molecule has 0 spiro atoms. The quantitative estimate of drug-likeness (QED) is 0.764. The SMILES string of the molecule is CCNC(=O)CN(C)C(CN)c1ccccc1OC. The van der Waals surface area contributed by atoms with Crippen LogP contribution in [0, 0.1) is 0 Å². The van der Waals surface area contributed by atoms with Crippen LogP contribution in [-0.4, -0.2) is 44.6 Å². The highest BCUT2D eigenvalue weighted by Crippen LogP contribution is 2.27. The molecular weight excluding hydrogens is 242 g/mol. The van der Waals surface area contributed by atoms with Crippen molar-refractivity contribution in [2.45, 2.75) is 13.0 Å². The van der Waals surface area contributed by atoms with E-state index < -0.39 is 0 Å². The second kappa shape index (κ2) is 7.76. The van der Waals surface area contributed by atoms with E-state index in [4.69, 9.17) is 10.5 Å². The van der Waals surface area contributed by atoms with Gasteiger partial charge >= 0.3 is 0 Å². The van der Waals surface area contributed by atoms with Crippen molar-refractivity contribution in [3.63, 3.8) is 0 Å². The van der Waals surface area contributed by atoms with Gasteiger partial charge in [-0.25, -0.2) is 0 Å². The van der Waals surface area contributed by atoms with Crippen molar-refractivity contribution in [3.05, 3.63) is 29.8 Å². The zero-order valence-corrected chi connectivity index (χ0v) is 11.8. The van der Waals surface area contributed by atoms with E-state index in [1.807, 2.05) is 43.1 Å². The Morgan fingerprint density at radius 3 is 2.74 bits per heavy atom. The largest absolute Gasteiger partial charge is 0.496 e. The molecule has 1 aromatic rings. The van der Waals surface area contributed by atoms with Gasteiger partial charge in [0, 0.05) is 18.7 Å². The molecular formula is C14H23N3O2. The summed E-state index contributed by atoms with van der Waals surface area (Å²) < 4.78 is 5.35. The van der Waals surface area contributed by atoms with Crippen molar-refractivity contribution in [1.29, 1.82) is 0 Å². The Hall–Kier alpha value is -1.59. The molecule has 0 saturated heterocycles. The third-order valence-electron chi connectivity index (χ3n) is 3.02. The third kappa shape index (κ3) is 4.22. The number of nitrogens with two attached hydrogens (primary N) is 1. The highest BCUT2D eigenvalue weighted by atomic mass is 16.5. The Labute approximate surface area is 114 Å². The first-order valence-electron chi connectivity index (χ1n) is 6.43. The van der Waals surface area contributed by atoms with Crippen molar-refractivity contribution >= 4 is 5.91 Å². The number of carbonyl (C=O) groups is 1. The topological polar surface area (TPSA) is 67.6 Å². The van der Waals surface area contributed by atoms with Crippen LogP contribution >= 0.6 is 0 Å². The van der Waals surface area contributed by atoms with Gasteiger partial charge in [0.2, 0.25) is 5.91 Å². The fourth-order valence-electron chi connectivity index (χ4n) is 2.08. The first-order valence-corrected chi connectivity index (χ1v) is 6.43. The van der Waals surface area contributed by atoms with Gasteiger partial charge in [0.15, 0.2) is 0 Å². The lowest BCUT2D eigenvalue weighted by Crippen LogP contribution is -2.39. The molecule has 5 heteroatoms. The average Bonchev–Trinajstić information content (AvgIpc) is 2.40. The van der Waals surface area contributed by atoms with Crippen LogP contribution in [0.25, 0.3) is 0 Å². The van der Waals surface area contributed by atoms with Crippen LogP contribution in [0.15, 0.2) is 24.3 Å². The molecule has 0 aliphatic heterocycles. The van der Waals surface area contributed by atoms with Gasteiger partial charge in [0.25, 0.3) is 0 Å². The highest BCUT2D eigenvalue weighted by molar-refractivity contribution is 5.78. The maximum atomic E-state index is 11.6. The summed E-state index contributed by atoms with van der Waals surface area (Å²) in [6.07, 6.45) is 0. The van der Waals surface area contributed by atoms with Gasteiger partial charge in [0.05, 0.1) is 19.7 Å². The lowest BCUT2D eigenvalue weighted by atomic mass is 10.0. The molecule has 1 unspecified atom stereocenters. The van der Waals surface area contributed by atoms with Crippen LogP contribution in [0.2, 0.25) is 0 Å². The minimum atomic E-state index is -0.0428. The second-order valence-electron chi connectivity index (χ2n) is 4.36. The minimum absolute atomic E-state index is 0.00153. The van der Waals surface area contributed by atoms with Gasteiger partial charge in [0.1, 0.15) is 5.75 Å². The fraction of sp³-hybridized carbons (Fsp3) is 0.500. The maximum Gasteiger partial charge on any atom is 0.234 e. The van der Waals surface area contributed by atoms with E-state index in [0.717, 1.165) is 11.3 Å². The molecule has 1 amide bonds. The molecule has 106 valence electrons. The van der Waals surface area contributed by atoms with Crippen LogP contribution in [-0.2, 0) is 4.79 Å². The van der Waals surface area contributed by atoms with Crippen molar-refractivity contribution in [1.82, 2.24) is 10.2 Å². The summed E-state index contributed by atoms with van der Waals surface area (Å²) in [6.45, 7) is 3.27. The Morgan fingerprint density at radius 1 is 1.47 bits per heavy atom. The number of carbonyl (C=O) groups excluding carboxylic acids is 1. The number of hydrogen-bond donors (Lipinski definition) is 2. The van der Waals surface area contributed by atoms with Crippen molar-refractivity contribution in [2.24, 2.45) is 5.73 Å². The number of likely N-dealkylation sites (N-methyl/N-ethyl adjacent to an activating group) is 2. The summed E-state index contributed by atoms with van der Waals surface area (Å²) >= 11 is 0. The molecule has 0 radical (unpaired) electrons. The number of benzene rings is 1. The van der Waals surface area contributed by atoms with Crippen molar-refractivity contribution in [2.75, 3.05) is 33.8 Å². The summed E-state index contributed by atoms with van der Waals surface area (Å²) in [4.78, 5) is 13.6. The Balaban J connectivity index is 2.84. The standard InChI is InChI=1S/C14H23N3O2/c1-4-16-14(18)10-17(2)12(9-15)11-7-5-6-8-13(11)19-3/h5-8,12H,4,9-10,15H2,1-3H3,(H,16,18). The number of nitrogens with one attached hydrogen (secondary N) is 1. The first-order chi connectivity index (χ1) is 9.13. The van der Waals surface area contributed by atoms with Gasteiger partial charge in [-0.3, -0.25) is 9.69 Å². The van der Waals surface area contributed by atoms with E-state index in [0.29, 0.717) is 19.6 Å². The molecule has 19 heavy (non-hydrogen) atoms. The zero-order chi connectivity index (χ0) is 14.3. The van der Waals surface area contributed by atoms with Gasteiger partial charge in [-0.1, -0.05) is 18.2 Å². The summed E-state index contributed by atoms with van der Waals surface area (Å²) in [7, 11) is 3.52. The molecule has 1 rings (SSSR count). The monoisotopic (exact) mass is 265 g/mol. The smallest absolute Gasteiger partial charge is 0.234 e. The molecule has 1 aromatic carbocycles. The molecule has 0 aliphatic rings. The van der Waals surface area contributed by atoms with Gasteiger partial charge in [-0.15, -0.1) is 0 Å². The number of amides is 1. The van der Waals surface area contributed by atoms with E-state index in [2.05, 4.69) is 5.32 Å². The van der Waals surface area contributed by atoms with E-state index in [9.17, 15) is 4.79 Å². The van der Waals surface area contributed by atoms with Crippen LogP contribution in [0.1, 0.15) is 18.5 Å². The molecule has 0 bridgehead atoms. The highest BCUT2D eigenvalue weighted by Gasteiger charge is 2.20. The molecule has 3 N–H and O–H groups in total. The van der Waals surface area contributed by atoms with Crippen LogP contribution in [0.3, 0.4) is 0 Å². The predicted octanol–water partition coefficient (Wildman–Crippen LogP) is 0.763. The van der Waals surface area contributed by atoms with E-state index in [1.165, 1.54) is 0 Å². The van der Waals surface area contributed by atoms with E-state index in [-0.39, 0.29) is 11.9 Å². The lowest BCUT2D eigenvalue weighted by molar-refractivity contribution is -0.122. The third-order valence-corrected chi connectivity index (χ3v) is 3.02. The lowest BCUT2D eigenvalue weighted by Gasteiger charge is -2.27. The molecule has 5 nitrogen and oxygen atoms in total. The molecule has 0 saturated carbocycles. The van der Waals surface area contributed by atoms with Crippen LogP contribution in [0.5, 0.6) is 5.75 Å². The molecule has 0 heterocycles. The number of hydrogen-bond acceptors (Lipinski definition) is 4. The van der Waals surface area contributed by atoms with Gasteiger partial charge in [-0.2, -0.15) is 0 Å². The van der Waals surface area contributed by atoms with Gasteiger partial charge < -0.3 is 15.8 Å². The number of nitrogens with zero attached hydrogens (tertiary/aromatic N) is 1. The van der Waals surface area contributed by atoms with Crippen molar-refractivity contribution < 1.29 is 9.53 Å². The number of methoxy groups -OCH3 is 1. The number of ether oxygens (including phenoxy) is 1. The van der Waals surface area contributed by atoms with Gasteiger partial charge in [-0.05, 0) is 20.0 Å².